The van der Waals surface area contributed by atoms with E-state index in [-0.39, 0.29) is 38.0 Å². The van der Waals surface area contributed by atoms with Crippen molar-refractivity contribution in [3.05, 3.63) is 71.8 Å². The minimum Gasteiger partial charge on any atom is -0.466 e. The molecule has 0 aliphatic heterocycles. The topological polar surface area (TPSA) is 112 Å². The molecule has 0 saturated heterocycles. The molecular formula is C36H52N2O8. The highest BCUT2D eigenvalue weighted by molar-refractivity contribution is 5.95. The Morgan fingerprint density at radius 2 is 0.913 bits per heavy atom. The van der Waals surface area contributed by atoms with Gasteiger partial charge in [0, 0.05) is 26.2 Å². The molecule has 0 unspecified atom stereocenters. The van der Waals surface area contributed by atoms with Crippen molar-refractivity contribution in [1.29, 1.82) is 0 Å². The number of carbonyl (C=O) groups is 4. The SMILES string of the molecule is CCOC(=O)CCN(CCC(CCN(CCC(=O)OCC)Cc1ccccc1)C(C(=O)OCC)C(=O)OCC)Cc1ccccc1. The second-order valence-electron chi connectivity index (χ2n) is 11.0. The second-order valence-corrected chi connectivity index (χ2v) is 11.0. The Morgan fingerprint density at radius 1 is 0.543 bits per heavy atom. The lowest BCUT2D eigenvalue weighted by atomic mass is 9.86. The van der Waals surface area contributed by atoms with Gasteiger partial charge in [0.05, 0.1) is 39.3 Å². The van der Waals surface area contributed by atoms with Crippen molar-refractivity contribution in [3.8, 4) is 0 Å². The van der Waals surface area contributed by atoms with E-state index in [1.807, 2.05) is 60.7 Å². The number of hydrogen-bond acceptors (Lipinski definition) is 10. The van der Waals surface area contributed by atoms with Gasteiger partial charge in [0.15, 0.2) is 5.92 Å². The van der Waals surface area contributed by atoms with E-state index in [2.05, 4.69) is 9.80 Å². The number of nitrogens with zero attached hydrogens (tertiary/aromatic N) is 2. The Hall–Kier alpha value is -3.76. The van der Waals surface area contributed by atoms with E-state index in [0.717, 1.165) is 11.1 Å². The van der Waals surface area contributed by atoms with Crippen LogP contribution in [-0.2, 0) is 51.2 Å². The molecule has 254 valence electrons. The Morgan fingerprint density at radius 3 is 1.26 bits per heavy atom. The van der Waals surface area contributed by atoms with Crippen LogP contribution in [0.25, 0.3) is 0 Å². The van der Waals surface area contributed by atoms with E-state index in [1.54, 1.807) is 27.7 Å². The molecule has 46 heavy (non-hydrogen) atoms. The van der Waals surface area contributed by atoms with Gasteiger partial charge >= 0.3 is 23.9 Å². The molecular weight excluding hydrogens is 588 g/mol. The molecule has 0 aliphatic rings. The van der Waals surface area contributed by atoms with Gasteiger partial charge in [-0.1, -0.05) is 60.7 Å². The van der Waals surface area contributed by atoms with E-state index in [9.17, 15) is 19.2 Å². The maximum absolute atomic E-state index is 13.3. The first kappa shape index (κ1) is 38.4. The van der Waals surface area contributed by atoms with Crippen molar-refractivity contribution in [2.75, 3.05) is 52.6 Å². The first-order valence-corrected chi connectivity index (χ1v) is 16.5. The highest BCUT2D eigenvalue weighted by atomic mass is 16.6. The van der Waals surface area contributed by atoms with Crippen LogP contribution in [0, 0.1) is 11.8 Å². The Balaban J connectivity index is 2.33. The fourth-order valence-corrected chi connectivity index (χ4v) is 5.31. The zero-order valence-electron chi connectivity index (χ0n) is 28.0. The third-order valence-electron chi connectivity index (χ3n) is 7.56. The molecule has 10 heteroatoms. The van der Waals surface area contributed by atoms with Crippen LogP contribution in [0.1, 0.15) is 64.5 Å². The maximum Gasteiger partial charge on any atom is 0.320 e. The van der Waals surface area contributed by atoms with Crippen LogP contribution in [0.2, 0.25) is 0 Å². The van der Waals surface area contributed by atoms with Gasteiger partial charge in [-0.05, 0) is 70.7 Å². The lowest BCUT2D eigenvalue weighted by Gasteiger charge is -2.30. The molecule has 0 fully saturated rings. The maximum atomic E-state index is 13.3. The van der Waals surface area contributed by atoms with Crippen LogP contribution in [-0.4, -0.2) is 86.3 Å². The van der Waals surface area contributed by atoms with Gasteiger partial charge in [-0.3, -0.25) is 29.0 Å². The second kappa shape index (κ2) is 22.7. The van der Waals surface area contributed by atoms with Crippen molar-refractivity contribution < 1.29 is 38.1 Å². The monoisotopic (exact) mass is 640 g/mol. The van der Waals surface area contributed by atoms with Gasteiger partial charge in [-0.15, -0.1) is 0 Å². The molecule has 0 saturated carbocycles. The predicted octanol–water partition coefficient (Wildman–Crippen LogP) is 5.04. The van der Waals surface area contributed by atoms with Crippen molar-refractivity contribution in [3.63, 3.8) is 0 Å². The lowest BCUT2D eigenvalue weighted by molar-refractivity contribution is -0.165. The summed E-state index contributed by atoms with van der Waals surface area (Å²) >= 11 is 0. The summed E-state index contributed by atoms with van der Waals surface area (Å²) < 4.78 is 21.1. The zero-order valence-corrected chi connectivity index (χ0v) is 28.0. The average molecular weight is 641 g/mol. The van der Waals surface area contributed by atoms with Crippen molar-refractivity contribution >= 4 is 23.9 Å². The lowest BCUT2D eigenvalue weighted by Crippen LogP contribution is -2.39. The van der Waals surface area contributed by atoms with Crippen LogP contribution < -0.4 is 0 Å². The number of benzene rings is 2. The summed E-state index contributed by atoms with van der Waals surface area (Å²) in [5.41, 5.74) is 2.17. The number of carbonyl (C=O) groups excluding carboxylic acids is 4. The average Bonchev–Trinajstić information content (AvgIpc) is 3.04. The smallest absolute Gasteiger partial charge is 0.320 e. The van der Waals surface area contributed by atoms with E-state index in [0.29, 0.717) is 65.3 Å². The van der Waals surface area contributed by atoms with Gasteiger partial charge < -0.3 is 18.9 Å². The molecule has 0 N–H and O–H groups in total. The summed E-state index contributed by atoms with van der Waals surface area (Å²) in [4.78, 5) is 55.3. The summed E-state index contributed by atoms with van der Waals surface area (Å²) in [7, 11) is 0. The van der Waals surface area contributed by atoms with E-state index in [4.69, 9.17) is 18.9 Å². The fraction of sp³-hybridized carbons (Fsp3) is 0.556. The number of ether oxygens (including phenoxy) is 4. The molecule has 2 aromatic carbocycles. The molecule has 2 rings (SSSR count). The Labute approximate surface area is 274 Å². The van der Waals surface area contributed by atoms with E-state index in [1.165, 1.54) is 0 Å². The molecule has 0 atom stereocenters. The first-order valence-electron chi connectivity index (χ1n) is 16.5. The molecule has 0 bridgehead atoms. The van der Waals surface area contributed by atoms with Crippen LogP contribution in [0.3, 0.4) is 0 Å². The summed E-state index contributed by atoms with van der Waals surface area (Å²) in [6.07, 6.45) is 1.41. The van der Waals surface area contributed by atoms with E-state index < -0.39 is 23.8 Å². The van der Waals surface area contributed by atoms with Gasteiger partial charge in [0.2, 0.25) is 0 Å². The van der Waals surface area contributed by atoms with Gasteiger partial charge in [-0.25, -0.2) is 0 Å². The molecule has 0 aliphatic carbocycles. The number of rotatable bonds is 23. The number of esters is 4. The van der Waals surface area contributed by atoms with Crippen LogP contribution in [0.15, 0.2) is 60.7 Å². The first-order chi connectivity index (χ1) is 22.3. The summed E-state index contributed by atoms with van der Waals surface area (Å²) in [5, 5.41) is 0. The van der Waals surface area contributed by atoms with Gasteiger partial charge in [0.25, 0.3) is 0 Å². The van der Waals surface area contributed by atoms with Crippen molar-refractivity contribution in [2.24, 2.45) is 11.8 Å². The largest absolute Gasteiger partial charge is 0.466 e. The Bertz CT molecular complexity index is 1070. The predicted molar refractivity (Wildman–Crippen MR) is 175 cm³/mol. The molecule has 10 nitrogen and oxygen atoms in total. The van der Waals surface area contributed by atoms with Crippen molar-refractivity contribution in [2.45, 2.75) is 66.5 Å². The fourth-order valence-electron chi connectivity index (χ4n) is 5.31. The van der Waals surface area contributed by atoms with Crippen LogP contribution in [0.4, 0.5) is 0 Å². The highest BCUT2D eigenvalue weighted by Gasteiger charge is 2.37. The minimum atomic E-state index is -1.10. The summed E-state index contributed by atoms with van der Waals surface area (Å²) in [5.74, 6) is -3.27. The third-order valence-corrected chi connectivity index (χ3v) is 7.56. The minimum absolute atomic E-state index is 0.140. The van der Waals surface area contributed by atoms with Crippen LogP contribution in [0.5, 0.6) is 0 Å². The summed E-state index contributed by atoms with van der Waals surface area (Å²) in [6.45, 7) is 11.1. The normalized spacial score (nSPS) is 11.2. The van der Waals surface area contributed by atoms with Crippen molar-refractivity contribution in [1.82, 2.24) is 9.80 Å². The quantitative estimate of drug-likeness (QED) is 0.0931. The molecule has 0 amide bonds. The third kappa shape index (κ3) is 15.0. The van der Waals surface area contributed by atoms with Gasteiger partial charge in [0.1, 0.15) is 0 Å². The van der Waals surface area contributed by atoms with E-state index >= 15 is 0 Å². The Kier molecular flexibility index (Phi) is 19.0. The van der Waals surface area contributed by atoms with Crippen LogP contribution >= 0.6 is 0 Å². The molecule has 0 radical (unpaired) electrons. The molecule has 0 aromatic heterocycles. The zero-order chi connectivity index (χ0) is 33.6. The molecule has 0 heterocycles. The van der Waals surface area contributed by atoms with Gasteiger partial charge in [-0.2, -0.15) is 0 Å². The standard InChI is InChI=1S/C36H52N2O8/c1-5-43-32(39)21-25-37(27-29-15-11-9-12-16-29)23-19-31(34(35(41)45-7-3)36(42)46-8-4)20-24-38(26-22-33(40)44-6-2)28-30-17-13-10-14-18-30/h9-18,31,34H,5-8,19-28H2,1-4H3. The molecule has 2 aromatic rings. The highest BCUT2D eigenvalue weighted by Crippen LogP contribution is 2.26. The number of hydrogen-bond donors (Lipinski definition) is 0. The molecule has 0 spiro atoms. The summed E-state index contributed by atoms with van der Waals surface area (Å²) in [6, 6.07) is 19.9.